The average Bonchev–Trinajstić information content (AvgIpc) is 2.81. The molecule has 37 heavy (non-hydrogen) atoms. The van der Waals surface area contributed by atoms with Gasteiger partial charge >= 0.3 is 24.0 Å². The summed E-state index contributed by atoms with van der Waals surface area (Å²) in [6.45, 7) is 7.35. The molecule has 2 heterocycles. The molecule has 2 atom stereocenters. The summed E-state index contributed by atoms with van der Waals surface area (Å²) in [5, 5.41) is 5.81. The minimum absolute atomic E-state index is 0.107. The van der Waals surface area contributed by atoms with Crippen molar-refractivity contribution in [1.82, 2.24) is 29.9 Å². The van der Waals surface area contributed by atoms with Gasteiger partial charge in [-0.25, -0.2) is 9.59 Å². The highest BCUT2D eigenvalue weighted by Crippen LogP contribution is 2.14. The molecule has 0 bridgehead atoms. The maximum Gasteiger partial charge on any atom is 0.344 e. The monoisotopic (exact) mass is 562 g/mol. The Morgan fingerprint density at radius 3 is 1.51 bits per heavy atom. The zero-order chi connectivity index (χ0) is 27.2. The predicted molar refractivity (Wildman–Crippen MR) is 131 cm³/mol. The SMILES string of the molecule is CCOC(=O)COc1nc(Cl)nc(NC(C)COCC(C)Nc2nc(Cl)nc(OCC(=O)OCC)n2)n1. The van der Waals surface area contributed by atoms with Crippen molar-refractivity contribution in [2.75, 3.05) is 50.3 Å². The van der Waals surface area contributed by atoms with E-state index in [4.69, 9.17) is 46.9 Å². The van der Waals surface area contributed by atoms with E-state index in [0.717, 1.165) is 0 Å². The molecule has 0 spiro atoms. The molecule has 0 saturated carbocycles. The number of nitrogens with zero attached hydrogens (tertiary/aromatic N) is 6. The average molecular weight is 563 g/mol. The molecule has 0 aliphatic carbocycles. The minimum Gasteiger partial charge on any atom is -0.463 e. The molecule has 17 heteroatoms. The Balaban J connectivity index is 1.79. The predicted octanol–water partition coefficient (Wildman–Crippen LogP) is 1.56. The van der Waals surface area contributed by atoms with Gasteiger partial charge in [0.25, 0.3) is 0 Å². The first kappa shape index (κ1) is 29.9. The molecular weight excluding hydrogens is 535 g/mol. The molecule has 0 saturated heterocycles. The smallest absolute Gasteiger partial charge is 0.344 e. The molecule has 0 fully saturated rings. The molecule has 204 valence electrons. The van der Waals surface area contributed by atoms with Crippen LogP contribution in [-0.2, 0) is 23.8 Å². The van der Waals surface area contributed by atoms with E-state index < -0.39 is 11.9 Å². The summed E-state index contributed by atoms with van der Waals surface area (Å²) in [5.74, 6) is -0.816. The Hall–Kier alpha value is -3.30. The van der Waals surface area contributed by atoms with E-state index in [1.165, 1.54) is 0 Å². The van der Waals surface area contributed by atoms with E-state index in [2.05, 4.69) is 40.5 Å². The Morgan fingerprint density at radius 2 is 1.14 bits per heavy atom. The van der Waals surface area contributed by atoms with Crippen LogP contribution in [0.25, 0.3) is 0 Å². The van der Waals surface area contributed by atoms with Gasteiger partial charge in [0.05, 0.1) is 26.4 Å². The Kier molecular flexibility index (Phi) is 12.7. The van der Waals surface area contributed by atoms with Crippen molar-refractivity contribution in [3.63, 3.8) is 0 Å². The summed E-state index contributed by atoms with van der Waals surface area (Å²) in [7, 11) is 0. The number of halogens is 2. The van der Waals surface area contributed by atoms with Crippen LogP contribution in [0.4, 0.5) is 11.9 Å². The zero-order valence-corrected chi connectivity index (χ0v) is 22.2. The van der Waals surface area contributed by atoms with Crippen LogP contribution in [0.2, 0.25) is 10.6 Å². The second-order valence-corrected chi connectivity index (χ2v) is 7.91. The van der Waals surface area contributed by atoms with Crippen LogP contribution in [0.1, 0.15) is 27.7 Å². The van der Waals surface area contributed by atoms with Crippen LogP contribution < -0.4 is 20.1 Å². The van der Waals surface area contributed by atoms with E-state index in [1.54, 1.807) is 13.8 Å². The summed E-state index contributed by atoms with van der Waals surface area (Å²) in [5.41, 5.74) is 0. The molecule has 2 aromatic rings. The number of hydrogen-bond acceptors (Lipinski definition) is 15. The lowest BCUT2D eigenvalue weighted by Crippen LogP contribution is -2.28. The fourth-order valence-corrected chi connectivity index (χ4v) is 2.82. The van der Waals surface area contributed by atoms with Gasteiger partial charge in [-0.3, -0.25) is 0 Å². The Bertz CT molecular complexity index is 957. The number of carbonyl (C=O) groups excluding carboxylic acids is 2. The molecule has 2 rings (SSSR count). The quantitative estimate of drug-likeness (QED) is 0.281. The molecular formula is C20H28Cl2N8O7. The van der Waals surface area contributed by atoms with Crippen LogP contribution in [0, 0.1) is 0 Å². The molecule has 2 aromatic heterocycles. The van der Waals surface area contributed by atoms with E-state index >= 15 is 0 Å². The lowest BCUT2D eigenvalue weighted by atomic mass is 10.3. The number of carbonyl (C=O) groups is 2. The second kappa shape index (κ2) is 15.7. The van der Waals surface area contributed by atoms with Crippen molar-refractivity contribution in [3.05, 3.63) is 10.6 Å². The second-order valence-electron chi connectivity index (χ2n) is 7.24. The first-order valence-corrected chi connectivity index (χ1v) is 11.9. The normalized spacial score (nSPS) is 12.3. The first-order valence-electron chi connectivity index (χ1n) is 11.2. The third-order valence-corrected chi connectivity index (χ3v) is 4.25. The fourth-order valence-electron chi connectivity index (χ4n) is 2.52. The maximum absolute atomic E-state index is 11.4. The van der Waals surface area contributed by atoms with Crippen LogP contribution in [-0.4, -0.2) is 93.6 Å². The maximum atomic E-state index is 11.4. The van der Waals surface area contributed by atoms with Gasteiger partial charge in [-0.1, -0.05) is 0 Å². The standard InChI is InChI=1S/C20H28Cl2N8O7/c1-5-34-13(31)9-36-19-27-15(21)25-17(29-19)23-11(3)7-33-8-12(4)24-18-26-16(22)28-20(30-18)37-10-14(32)35-6-2/h11-12H,5-10H2,1-4H3,(H,23,25,27,29)(H,24,26,28,30). The fraction of sp³-hybridized carbons (Fsp3) is 0.600. The molecule has 15 nitrogen and oxygen atoms in total. The van der Waals surface area contributed by atoms with Gasteiger partial charge in [0.1, 0.15) is 0 Å². The minimum atomic E-state index is -0.557. The van der Waals surface area contributed by atoms with E-state index in [0.29, 0.717) is 0 Å². The highest BCUT2D eigenvalue weighted by Gasteiger charge is 2.14. The molecule has 0 aliphatic rings. The molecule has 0 radical (unpaired) electrons. The van der Waals surface area contributed by atoms with Gasteiger partial charge in [0, 0.05) is 12.1 Å². The molecule has 0 aromatic carbocycles. The number of ether oxygens (including phenoxy) is 5. The van der Waals surface area contributed by atoms with Gasteiger partial charge in [0.2, 0.25) is 22.5 Å². The van der Waals surface area contributed by atoms with Crippen LogP contribution in [0.3, 0.4) is 0 Å². The van der Waals surface area contributed by atoms with Crippen LogP contribution in [0.5, 0.6) is 12.0 Å². The van der Waals surface area contributed by atoms with Crippen molar-refractivity contribution < 1.29 is 33.3 Å². The van der Waals surface area contributed by atoms with Crippen molar-refractivity contribution in [2.45, 2.75) is 39.8 Å². The number of nitrogens with one attached hydrogen (secondary N) is 2. The van der Waals surface area contributed by atoms with Gasteiger partial charge < -0.3 is 34.3 Å². The van der Waals surface area contributed by atoms with Gasteiger partial charge in [-0.2, -0.15) is 29.9 Å². The van der Waals surface area contributed by atoms with Crippen molar-refractivity contribution in [2.24, 2.45) is 0 Å². The number of hydrogen-bond donors (Lipinski definition) is 2. The third kappa shape index (κ3) is 12.0. The number of anilines is 2. The number of rotatable bonds is 16. The van der Waals surface area contributed by atoms with E-state index in [1.807, 2.05) is 13.8 Å². The molecule has 2 unspecified atom stereocenters. The number of esters is 2. The van der Waals surface area contributed by atoms with E-state index in [9.17, 15) is 9.59 Å². The van der Waals surface area contributed by atoms with Gasteiger partial charge in [-0.05, 0) is 50.9 Å². The Labute approximate surface area is 223 Å². The van der Waals surface area contributed by atoms with Crippen LogP contribution >= 0.6 is 23.2 Å². The lowest BCUT2D eigenvalue weighted by Gasteiger charge is -2.18. The third-order valence-electron chi connectivity index (χ3n) is 3.91. The molecule has 2 N–H and O–H groups in total. The Morgan fingerprint density at radius 1 is 0.730 bits per heavy atom. The largest absolute Gasteiger partial charge is 0.463 e. The van der Waals surface area contributed by atoms with E-state index in [-0.39, 0.29) is 86.2 Å². The lowest BCUT2D eigenvalue weighted by molar-refractivity contribution is -0.146. The summed E-state index contributed by atoms with van der Waals surface area (Å²) >= 11 is 11.8. The highest BCUT2D eigenvalue weighted by atomic mass is 35.5. The summed E-state index contributed by atoms with van der Waals surface area (Å²) < 4.78 is 25.7. The number of aromatic nitrogens is 6. The molecule has 0 aliphatic heterocycles. The zero-order valence-electron chi connectivity index (χ0n) is 20.7. The topological polar surface area (TPSA) is 182 Å². The van der Waals surface area contributed by atoms with Gasteiger partial charge in [-0.15, -0.1) is 0 Å². The molecule has 0 amide bonds. The van der Waals surface area contributed by atoms with Crippen molar-refractivity contribution >= 4 is 47.0 Å². The van der Waals surface area contributed by atoms with Crippen LogP contribution in [0.15, 0.2) is 0 Å². The summed E-state index contributed by atoms with van der Waals surface area (Å²) in [4.78, 5) is 46.6. The first-order chi connectivity index (χ1) is 17.7. The van der Waals surface area contributed by atoms with Crippen molar-refractivity contribution in [3.8, 4) is 12.0 Å². The summed E-state index contributed by atoms with van der Waals surface area (Å²) in [6.07, 6.45) is 0. The summed E-state index contributed by atoms with van der Waals surface area (Å²) in [6, 6.07) is -0.692. The van der Waals surface area contributed by atoms with Crippen molar-refractivity contribution in [1.29, 1.82) is 0 Å². The highest BCUT2D eigenvalue weighted by molar-refractivity contribution is 6.28. The van der Waals surface area contributed by atoms with Gasteiger partial charge in [0.15, 0.2) is 13.2 Å².